The van der Waals surface area contributed by atoms with E-state index in [2.05, 4.69) is 58.6 Å². The number of fused-ring (bicyclic) bond motifs is 2. The maximum Gasteiger partial charge on any atom is 0.320 e. The van der Waals surface area contributed by atoms with Crippen LogP contribution in [-0.4, -0.2) is 55.2 Å². The molecule has 3 aromatic heterocycles. The third-order valence-electron chi connectivity index (χ3n) is 9.20. The highest BCUT2D eigenvalue weighted by Gasteiger charge is 2.31. The van der Waals surface area contributed by atoms with Crippen molar-refractivity contribution in [2.75, 3.05) is 29.9 Å². The summed E-state index contributed by atoms with van der Waals surface area (Å²) in [5, 5.41) is 29.5. The zero-order valence-corrected chi connectivity index (χ0v) is 27.3. The van der Waals surface area contributed by atoms with Gasteiger partial charge in [-0.1, -0.05) is 62.7 Å². The number of pyridine rings is 1. The Morgan fingerprint density at radius 1 is 1.00 bits per heavy atom. The minimum Gasteiger partial charge on any atom is -0.484 e. The molecule has 7 rings (SSSR count). The summed E-state index contributed by atoms with van der Waals surface area (Å²) < 4.78 is 10.4. The van der Waals surface area contributed by atoms with Gasteiger partial charge in [0.2, 0.25) is 5.95 Å². The number of aromatic nitrogens is 5. The van der Waals surface area contributed by atoms with Gasteiger partial charge in [0.05, 0.1) is 23.6 Å². The first-order chi connectivity index (χ1) is 22.7. The van der Waals surface area contributed by atoms with E-state index < -0.39 is 0 Å². The first kappa shape index (κ1) is 30.7. The number of carbonyl (C=O) groups is 1. The molecule has 0 spiro atoms. The summed E-state index contributed by atoms with van der Waals surface area (Å²) in [6, 6.07) is 21.6. The molecule has 1 unspecified atom stereocenters. The number of urea groups is 1. The van der Waals surface area contributed by atoms with Crippen molar-refractivity contribution in [3.05, 3.63) is 95.3 Å². The highest BCUT2D eigenvalue weighted by atomic mass is 16.5. The van der Waals surface area contributed by atoms with E-state index in [0.29, 0.717) is 5.82 Å². The van der Waals surface area contributed by atoms with Crippen molar-refractivity contribution in [1.82, 2.24) is 29.7 Å². The lowest BCUT2D eigenvalue weighted by atomic mass is 9.85. The van der Waals surface area contributed by atoms with Crippen LogP contribution in [0, 0.1) is 12.8 Å². The van der Waals surface area contributed by atoms with Gasteiger partial charge in [0, 0.05) is 37.1 Å². The maximum atomic E-state index is 13.5. The molecule has 3 N–H and O–H groups in total. The van der Waals surface area contributed by atoms with E-state index in [-0.39, 0.29) is 36.1 Å². The number of benzene rings is 2. The summed E-state index contributed by atoms with van der Waals surface area (Å²) in [4.78, 5) is 15.7. The molecule has 244 valence electrons. The summed E-state index contributed by atoms with van der Waals surface area (Å²) >= 11 is 0. The van der Waals surface area contributed by atoms with Crippen molar-refractivity contribution in [2.24, 2.45) is 5.92 Å². The minimum atomic E-state index is -0.283. The number of hydrogen-bond acceptors (Lipinski definition) is 7. The monoisotopic (exact) mass is 634 g/mol. The second-order valence-corrected chi connectivity index (χ2v) is 13.8. The quantitative estimate of drug-likeness (QED) is 0.197. The lowest BCUT2D eigenvalue weighted by Gasteiger charge is -2.32. The van der Waals surface area contributed by atoms with Gasteiger partial charge in [0.15, 0.2) is 5.65 Å². The summed E-state index contributed by atoms with van der Waals surface area (Å²) in [5.74, 6) is 2.35. The SMILES string of the molecule is Cc1ccc(-n2nc(C(C)(C)C)cc2NC(=O)N[C@H]2CC[C@@H](Oc3ccc4nnc(N5CCC(CO)C5)n4c3)c3ccccc32)cc1. The van der Waals surface area contributed by atoms with Gasteiger partial charge in [-0.2, -0.15) is 5.10 Å². The average Bonchev–Trinajstić information content (AvgIpc) is 3.81. The number of carbonyl (C=O) groups excluding carboxylic acids is 1. The van der Waals surface area contributed by atoms with Crippen molar-refractivity contribution >= 4 is 23.4 Å². The van der Waals surface area contributed by atoms with Crippen LogP contribution in [0.5, 0.6) is 5.75 Å². The van der Waals surface area contributed by atoms with Crippen LogP contribution in [0.2, 0.25) is 0 Å². The third kappa shape index (κ3) is 6.27. The topological polar surface area (TPSA) is 122 Å². The summed E-state index contributed by atoms with van der Waals surface area (Å²) in [7, 11) is 0. The Morgan fingerprint density at radius 2 is 1.79 bits per heavy atom. The molecule has 1 aliphatic carbocycles. The smallest absolute Gasteiger partial charge is 0.320 e. The zero-order chi connectivity index (χ0) is 32.7. The van der Waals surface area contributed by atoms with E-state index in [1.54, 1.807) is 4.68 Å². The second-order valence-electron chi connectivity index (χ2n) is 13.8. The lowest BCUT2D eigenvalue weighted by Crippen LogP contribution is -2.36. The fraction of sp³-hybridized carbons (Fsp3) is 0.389. The Kier molecular flexibility index (Phi) is 8.09. The van der Waals surface area contributed by atoms with Gasteiger partial charge in [-0.3, -0.25) is 9.72 Å². The van der Waals surface area contributed by atoms with Crippen LogP contribution >= 0.6 is 0 Å². The molecule has 2 amide bonds. The highest BCUT2D eigenvalue weighted by Crippen LogP contribution is 2.39. The normalized spacial score (nSPS) is 19.5. The Hall–Kier alpha value is -4.90. The van der Waals surface area contributed by atoms with E-state index in [0.717, 1.165) is 77.8 Å². The van der Waals surface area contributed by atoms with E-state index in [1.165, 1.54) is 0 Å². The minimum absolute atomic E-state index is 0.174. The first-order valence-electron chi connectivity index (χ1n) is 16.4. The third-order valence-corrected chi connectivity index (χ3v) is 9.20. The van der Waals surface area contributed by atoms with E-state index in [4.69, 9.17) is 9.84 Å². The predicted molar refractivity (Wildman–Crippen MR) is 181 cm³/mol. The largest absolute Gasteiger partial charge is 0.484 e. The molecule has 4 heterocycles. The molecule has 2 aliphatic rings. The number of nitrogens with zero attached hydrogens (tertiary/aromatic N) is 6. The molecule has 0 radical (unpaired) electrons. The second kappa shape index (κ2) is 12.4. The van der Waals surface area contributed by atoms with E-state index >= 15 is 0 Å². The number of anilines is 2. The molecule has 5 aromatic rings. The molecule has 1 aliphatic heterocycles. The van der Waals surface area contributed by atoms with Crippen LogP contribution in [0.25, 0.3) is 11.3 Å². The number of hydrogen-bond donors (Lipinski definition) is 3. The zero-order valence-electron chi connectivity index (χ0n) is 27.3. The molecule has 11 heteroatoms. The van der Waals surface area contributed by atoms with Gasteiger partial charge in [-0.25, -0.2) is 9.48 Å². The maximum absolute atomic E-state index is 13.5. The molecule has 2 aromatic carbocycles. The van der Waals surface area contributed by atoms with Crippen molar-refractivity contribution < 1.29 is 14.6 Å². The Labute approximate surface area is 274 Å². The van der Waals surface area contributed by atoms with Gasteiger partial charge >= 0.3 is 6.03 Å². The van der Waals surface area contributed by atoms with Gasteiger partial charge in [-0.15, -0.1) is 10.2 Å². The summed E-state index contributed by atoms with van der Waals surface area (Å²) in [6.45, 7) is 10.2. The Morgan fingerprint density at radius 3 is 2.53 bits per heavy atom. The number of aliphatic hydroxyl groups is 1. The van der Waals surface area contributed by atoms with Gasteiger partial charge in [0.1, 0.15) is 17.7 Å². The van der Waals surface area contributed by atoms with Crippen molar-refractivity contribution in [3.8, 4) is 11.4 Å². The standard InChI is InChI=1S/C36H42N8O3/c1-23-9-11-25(12-10-23)44-33(19-31(41-44)36(2,3)4)38-34(46)37-29-14-15-30(28-8-6-5-7-27(28)29)47-26-13-16-32-39-40-35(43(32)21-26)42-18-17-24(20-42)22-45/h5-13,16,19,21,24,29-30,45H,14-15,17-18,20,22H2,1-4H3,(H2,37,38,46)/t24?,29-,30+/m0/s1. The van der Waals surface area contributed by atoms with Crippen LogP contribution in [-0.2, 0) is 5.41 Å². The summed E-state index contributed by atoms with van der Waals surface area (Å²) in [6.07, 6.45) is 4.15. The molecular weight excluding hydrogens is 592 g/mol. The number of ether oxygens (including phenoxy) is 1. The van der Waals surface area contributed by atoms with Crippen molar-refractivity contribution in [3.63, 3.8) is 0 Å². The van der Waals surface area contributed by atoms with Crippen LogP contribution in [0.3, 0.4) is 0 Å². The van der Waals surface area contributed by atoms with E-state index in [9.17, 15) is 9.90 Å². The lowest BCUT2D eigenvalue weighted by molar-refractivity contribution is 0.171. The van der Waals surface area contributed by atoms with E-state index in [1.807, 2.05) is 72.1 Å². The first-order valence-corrected chi connectivity index (χ1v) is 16.4. The van der Waals surface area contributed by atoms with Crippen LogP contribution in [0.15, 0.2) is 72.9 Å². The van der Waals surface area contributed by atoms with Crippen molar-refractivity contribution in [1.29, 1.82) is 0 Å². The molecule has 1 saturated heterocycles. The van der Waals surface area contributed by atoms with Crippen LogP contribution < -0.4 is 20.3 Å². The fourth-order valence-electron chi connectivity index (χ4n) is 6.53. The van der Waals surface area contributed by atoms with Crippen LogP contribution in [0.4, 0.5) is 16.6 Å². The number of amides is 2. The molecule has 11 nitrogen and oxygen atoms in total. The molecule has 0 saturated carbocycles. The average molecular weight is 635 g/mol. The number of aryl methyl sites for hydroxylation is 1. The molecular formula is C36H42N8O3. The Balaban J connectivity index is 1.08. The molecule has 3 atom stereocenters. The highest BCUT2D eigenvalue weighted by molar-refractivity contribution is 5.89. The molecule has 0 bridgehead atoms. The van der Waals surface area contributed by atoms with Gasteiger partial charge in [-0.05, 0) is 61.6 Å². The number of aliphatic hydroxyl groups excluding tert-OH is 1. The fourth-order valence-corrected chi connectivity index (χ4v) is 6.53. The van der Waals surface area contributed by atoms with Gasteiger partial charge < -0.3 is 20.1 Å². The van der Waals surface area contributed by atoms with Crippen LogP contribution in [0.1, 0.15) is 74.6 Å². The number of nitrogens with one attached hydrogen (secondary N) is 2. The van der Waals surface area contributed by atoms with Gasteiger partial charge in [0.25, 0.3) is 0 Å². The number of rotatable bonds is 7. The predicted octanol–water partition coefficient (Wildman–Crippen LogP) is 6.12. The molecule has 1 fully saturated rings. The summed E-state index contributed by atoms with van der Waals surface area (Å²) in [5.41, 5.74) is 5.59. The Bertz CT molecular complexity index is 1890. The van der Waals surface area contributed by atoms with Crippen molar-refractivity contribution in [2.45, 2.75) is 64.5 Å². The molecule has 47 heavy (non-hydrogen) atoms.